The van der Waals surface area contributed by atoms with Gasteiger partial charge in [-0.1, -0.05) is 18.2 Å². The zero-order chi connectivity index (χ0) is 20.0. The van der Waals surface area contributed by atoms with Gasteiger partial charge in [0.2, 0.25) is 0 Å². The minimum Gasteiger partial charge on any atom is -0.461 e. The number of carbonyl (C=O) groups excluding carboxylic acids is 2. The van der Waals surface area contributed by atoms with E-state index in [1.807, 2.05) is 12.1 Å². The highest BCUT2D eigenvalue weighted by atomic mass is 16.5. The number of aromatic amines is 1. The molecule has 1 N–H and O–H groups in total. The van der Waals surface area contributed by atoms with E-state index in [0.717, 1.165) is 18.7 Å². The number of allylic oxidation sites excluding steroid dienone is 1. The molecule has 0 saturated carbocycles. The van der Waals surface area contributed by atoms with Crippen LogP contribution in [-0.4, -0.2) is 36.4 Å². The molecule has 1 aromatic heterocycles. The Balaban J connectivity index is 2.19. The van der Waals surface area contributed by atoms with Crippen molar-refractivity contribution in [2.45, 2.75) is 34.6 Å². The van der Waals surface area contributed by atoms with Crippen LogP contribution >= 0.6 is 0 Å². The molecule has 0 aliphatic rings. The lowest BCUT2D eigenvalue weighted by molar-refractivity contribution is 0.0519. The lowest BCUT2D eigenvalue weighted by Gasteiger charge is -2.20. The predicted molar refractivity (Wildman–Crippen MR) is 110 cm³/mol. The molecule has 1 heterocycles. The van der Waals surface area contributed by atoms with E-state index in [0.29, 0.717) is 29.1 Å². The zero-order valence-electron chi connectivity index (χ0n) is 16.8. The van der Waals surface area contributed by atoms with Gasteiger partial charge in [-0.25, -0.2) is 4.79 Å². The third-order valence-corrected chi connectivity index (χ3v) is 4.61. The largest absolute Gasteiger partial charge is 0.461 e. The Morgan fingerprint density at radius 2 is 1.70 bits per heavy atom. The summed E-state index contributed by atoms with van der Waals surface area (Å²) in [6.07, 6.45) is 3.34. The number of nitrogens with one attached hydrogen (secondary N) is 1. The van der Waals surface area contributed by atoms with Crippen molar-refractivity contribution in [3.8, 4) is 0 Å². The number of hydrogen-bond donors (Lipinski definition) is 1. The van der Waals surface area contributed by atoms with Crippen molar-refractivity contribution in [3.05, 3.63) is 58.4 Å². The number of ether oxygens (including phenoxy) is 1. The summed E-state index contributed by atoms with van der Waals surface area (Å²) >= 11 is 0. The Hall–Kier alpha value is -2.82. The van der Waals surface area contributed by atoms with Gasteiger partial charge < -0.3 is 14.6 Å². The van der Waals surface area contributed by atoms with Gasteiger partial charge in [0.15, 0.2) is 5.78 Å². The maximum absolute atomic E-state index is 12.7. The lowest BCUT2D eigenvalue weighted by Crippen LogP contribution is -2.21. The lowest BCUT2D eigenvalue weighted by atomic mass is 10.0. The third-order valence-electron chi connectivity index (χ3n) is 4.61. The molecule has 0 atom stereocenters. The Labute approximate surface area is 161 Å². The molecule has 0 spiro atoms. The molecule has 144 valence electrons. The van der Waals surface area contributed by atoms with Crippen molar-refractivity contribution in [1.29, 1.82) is 0 Å². The molecular weight excluding hydrogens is 340 g/mol. The molecule has 0 radical (unpaired) electrons. The molecule has 0 aliphatic heterocycles. The van der Waals surface area contributed by atoms with Crippen LogP contribution in [0.25, 0.3) is 6.08 Å². The van der Waals surface area contributed by atoms with E-state index in [2.05, 4.69) is 35.9 Å². The van der Waals surface area contributed by atoms with Crippen LogP contribution in [0.15, 0.2) is 30.3 Å². The summed E-state index contributed by atoms with van der Waals surface area (Å²) in [4.78, 5) is 29.9. The first-order valence-corrected chi connectivity index (χ1v) is 9.36. The molecule has 0 aliphatic carbocycles. The zero-order valence-corrected chi connectivity index (χ0v) is 16.8. The van der Waals surface area contributed by atoms with E-state index >= 15 is 0 Å². The quantitative estimate of drug-likeness (QED) is 0.422. The second-order valence-corrected chi connectivity index (χ2v) is 6.31. The summed E-state index contributed by atoms with van der Waals surface area (Å²) in [5, 5.41) is 0. The Kier molecular flexibility index (Phi) is 6.99. The summed E-state index contributed by atoms with van der Waals surface area (Å²) < 4.78 is 5.03. The highest BCUT2D eigenvalue weighted by Crippen LogP contribution is 2.21. The predicted octanol–water partition coefficient (Wildman–Crippen LogP) is 4.55. The van der Waals surface area contributed by atoms with Crippen LogP contribution in [-0.2, 0) is 4.74 Å². The first-order chi connectivity index (χ1) is 12.9. The van der Waals surface area contributed by atoms with Gasteiger partial charge >= 0.3 is 5.97 Å². The molecule has 2 rings (SSSR count). The number of benzene rings is 1. The van der Waals surface area contributed by atoms with Gasteiger partial charge in [0.1, 0.15) is 5.69 Å². The normalized spacial score (nSPS) is 11.0. The molecule has 0 amide bonds. The second-order valence-electron chi connectivity index (χ2n) is 6.31. The Bertz CT molecular complexity index is 828. The van der Waals surface area contributed by atoms with E-state index in [1.165, 1.54) is 5.69 Å². The summed E-state index contributed by atoms with van der Waals surface area (Å²) in [7, 11) is 0. The molecule has 2 aromatic rings. The van der Waals surface area contributed by atoms with Crippen LogP contribution in [0.4, 0.5) is 5.69 Å². The van der Waals surface area contributed by atoms with Gasteiger partial charge in [-0.15, -0.1) is 0 Å². The van der Waals surface area contributed by atoms with Crippen LogP contribution in [0.3, 0.4) is 0 Å². The van der Waals surface area contributed by atoms with E-state index in [4.69, 9.17) is 4.74 Å². The number of rotatable bonds is 8. The minimum absolute atomic E-state index is 0.135. The van der Waals surface area contributed by atoms with Gasteiger partial charge in [-0.2, -0.15) is 0 Å². The van der Waals surface area contributed by atoms with Crippen LogP contribution in [0.1, 0.15) is 58.4 Å². The summed E-state index contributed by atoms with van der Waals surface area (Å²) in [6, 6.07) is 8.11. The van der Waals surface area contributed by atoms with Crippen LogP contribution < -0.4 is 4.90 Å². The van der Waals surface area contributed by atoms with Crippen molar-refractivity contribution < 1.29 is 14.3 Å². The van der Waals surface area contributed by atoms with Crippen molar-refractivity contribution in [2.24, 2.45) is 0 Å². The molecular formula is C22H28N2O3. The first-order valence-electron chi connectivity index (χ1n) is 9.36. The number of ketones is 1. The fourth-order valence-electron chi connectivity index (χ4n) is 3.17. The number of hydrogen-bond acceptors (Lipinski definition) is 4. The number of H-pyrrole nitrogens is 1. The van der Waals surface area contributed by atoms with E-state index < -0.39 is 5.97 Å². The fraction of sp³-hybridized carbons (Fsp3) is 0.364. The highest BCUT2D eigenvalue weighted by Gasteiger charge is 2.21. The smallest absolute Gasteiger partial charge is 0.355 e. The maximum atomic E-state index is 12.7. The number of carbonyl (C=O) groups is 2. The highest BCUT2D eigenvalue weighted by molar-refractivity contribution is 6.10. The average molecular weight is 368 g/mol. The van der Waals surface area contributed by atoms with E-state index in [9.17, 15) is 9.59 Å². The van der Waals surface area contributed by atoms with Crippen molar-refractivity contribution in [1.82, 2.24) is 4.98 Å². The molecule has 0 saturated heterocycles. The summed E-state index contributed by atoms with van der Waals surface area (Å²) in [6.45, 7) is 11.8. The first kappa shape index (κ1) is 20.5. The van der Waals surface area contributed by atoms with Crippen molar-refractivity contribution in [3.63, 3.8) is 0 Å². The molecule has 5 nitrogen and oxygen atoms in total. The van der Waals surface area contributed by atoms with E-state index in [1.54, 1.807) is 32.9 Å². The number of aryl methyl sites for hydroxylation is 1. The SMILES string of the molecule is CCOC(=O)c1[nH]c(C)c(C(=O)/C=C/c2ccc(N(CC)CC)cc2)c1C. The van der Waals surface area contributed by atoms with Crippen LogP contribution in [0, 0.1) is 13.8 Å². The van der Waals surface area contributed by atoms with Crippen molar-refractivity contribution >= 4 is 23.5 Å². The van der Waals surface area contributed by atoms with E-state index in [-0.39, 0.29) is 5.78 Å². The summed E-state index contributed by atoms with van der Waals surface area (Å²) in [5.41, 5.74) is 4.28. The molecule has 1 aromatic carbocycles. The average Bonchev–Trinajstić information content (AvgIpc) is 2.96. The van der Waals surface area contributed by atoms with Gasteiger partial charge in [0, 0.05) is 30.0 Å². The van der Waals surface area contributed by atoms with Crippen LogP contribution in [0.5, 0.6) is 0 Å². The topological polar surface area (TPSA) is 62.4 Å². The Morgan fingerprint density at radius 1 is 1.07 bits per heavy atom. The molecule has 0 bridgehead atoms. The monoisotopic (exact) mass is 368 g/mol. The maximum Gasteiger partial charge on any atom is 0.355 e. The summed E-state index contributed by atoms with van der Waals surface area (Å²) in [5.74, 6) is -0.572. The number of nitrogens with zero attached hydrogens (tertiary/aromatic N) is 1. The Morgan fingerprint density at radius 3 is 2.26 bits per heavy atom. The number of aromatic nitrogens is 1. The standard InChI is InChI=1S/C22H28N2O3/c1-6-24(7-2)18-12-9-17(10-13-18)11-14-19(25)20-15(4)21(23-16(20)5)22(26)27-8-3/h9-14,23H,6-8H2,1-5H3/b14-11+. The second kappa shape index (κ2) is 9.21. The molecule has 5 heteroatoms. The number of esters is 1. The van der Waals surface area contributed by atoms with Gasteiger partial charge in [0.05, 0.1) is 6.61 Å². The fourth-order valence-corrected chi connectivity index (χ4v) is 3.17. The van der Waals surface area contributed by atoms with Crippen LogP contribution in [0.2, 0.25) is 0 Å². The molecule has 0 unspecified atom stereocenters. The molecule has 27 heavy (non-hydrogen) atoms. The van der Waals surface area contributed by atoms with Crippen molar-refractivity contribution in [2.75, 3.05) is 24.6 Å². The molecule has 0 fully saturated rings. The van der Waals surface area contributed by atoms with Gasteiger partial charge in [0.25, 0.3) is 0 Å². The third kappa shape index (κ3) is 4.67. The van der Waals surface area contributed by atoms with Gasteiger partial charge in [-0.3, -0.25) is 4.79 Å². The minimum atomic E-state index is -0.437. The number of anilines is 1. The van der Waals surface area contributed by atoms with Gasteiger partial charge in [-0.05, 0) is 64.0 Å².